The minimum absolute atomic E-state index is 0.0579. The summed E-state index contributed by atoms with van der Waals surface area (Å²) in [6.45, 7) is 1.68. The highest BCUT2D eigenvalue weighted by atomic mass is 35.5. The summed E-state index contributed by atoms with van der Waals surface area (Å²) >= 11 is 5.48. The number of nitriles is 1. The molecular formula is C12H12ClFN2O4S. The van der Waals surface area contributed by atoms with Crippen LogP contribution in [-0.2, 0) is 10.0 Å². The molecule has 1 aromatic carbocycles. The van der Waals surface area contributed by atoms with E-state index in [-0.39, 0.29) is 6.42 Å². The number of hydrogen-bond donors (Lipinski definition) is 2. The Bertz CT molecular complexity index is 700. The minimum atomic E-state index is -4.15. The molecule has 0 spiro atoms. The van der Waals surface area contributed by atoms with Gasteiger partial charge in [0.05, 0.1) is 28.0 Å². The maximum absolute atomic E-state index is 13.6. The fourth-order valence-electron chi connectivity index (χ4n) is 1.54. The van der Waals surface area contributed by atoms with Crippen LogP contribution < -0.4 is 4.72 Å². The molecule has 0 fully saturated rings. The summed E-state index contributed by atoms with van der Waals surface area (Å²) in [5.74, 6) is -2.69. The fraction of sp³-hybridized carbons (Fsp3) is 0.333. The van der Waals surface area contributed by atoms with Crippen molar-refractivity contribution in [3.63, 3.8) is 0 Å². The number of carboxylic acids is 1. The molecule has 0 aliphatic carbocycles. The maximum atomic E-state index is 13.6. The van der Waals surface area contributed by atoms with E-state index in [1.807, 2.05) is 6.07 Å². The molecule has 0 bridgehead atoms. The zero-order valence-corrected chi connectivity index (χ0v) is 12.5. The van der Waals surface area contributed by atoms with Crippen LogP contribution in [0.15, 0.2) is 17.0 Å². The number of hydrogen-bond acceptors (Lipinski definition) is 4. The molecular weight excluding hydrogens is 323 g/mol. The van der Waals surface area contributed by atoms with Crippen molar-refractivity contribution in [1.29, 1.82) is 5.26 Å². The van der Waals surface area contributed by atoms with Crippen molar-refractivity contribution in [1.82, 2.24) is 4.72 Å². The monoisotopic (exact) mass is 334 g/mol. The van der Waals surface area contributed by atoms with E-state index >= 15 is 0 Å². The van der Waals surface area contributed by atoms with E-state index in [4.69, 9.17) is 22.0 Å². The average molecular weight is 335 g/mol. The Morgan fingerprint density at radius 2 is 2.19 bits per heavy atom. The Balaban J connectivity index is 3.26. The minimum Gasteiger partial charge on any atom is -0.478 e. The molecule has 1 aromatic rings. The SMILES string of the molecule is CCC(CC#N)NS(=O)(=O)c1cc(F)c(Cl)c(C(=O)O)c1. The van der Waals surface area contributed by atoms with Crippen LogP contribution in [0.5, 0.6) is 0 Å². The summed E-state index contributed by atoms with van der Waals surface area (Å²) < 4.78 is 40.0. The molecule has 0 heterocycles. The van der Waals surface area contributed by atoms with E-state index in [0.29, 0.717) is 12.5 Å². The average Bonchev–Trinajstić information content (AvgIpc) is 2.40. The van der Waals surface area contributed by atoms with Gasteiger partial charge in [-0.1, -0.05) is 18.5 Å². The Hall–Kier alpha value is -1.69. The lowest BCUT2D eigenvalue weighted by molar-refractivity contribution is 0.0696. The number of sulfonamides is 1. The Morgan fingerprint density at radius 1 is 1.57 bits per heavy atom. The predicted octanol–water partition coefficient (Wildman–Crippen LogP) is 2.15. The second-order valence-electron chi connectivity index (χ2n) is 4.16. The van der Waals surface area contributed by atoms with Gasteiger partial charge < -0.3 is 5.11 Å². The highest BCUT2D eigenvalue weighted by Gasteiger charge is 2.24. The van der Waals surface area contributed by atoms with Crippen LogP contribution in [0, 0.1) is 17.1 Å². The number of rotatable bonds is 6. The van der Waals surface area contributed by atoms with Crippen LogP contribution in [0.25, 0.3) is 0 Å². The molecule has 0 radical (unpaired) electrons. The molecule has 0 aliphatic heterocycles. The van der Waals surface area contributed by atoms with E-state index in [0.717, 1.165) is 6.07 Å². The summed E-state index contributed by atoms with van der Waals surface area (Å²) in [5, 5.41) is 16.8. The van der Waals surface area contributed by atoms with E-state index < -0.39 is 43.3 Å². The third-order valence-corrected chi connectivity index (χ3v) is 4.58. The van der Waals surface area contributed by atoms with Crippen LogP contribution >= 0.6 is 11.6 Å². The topological polar surface area (TPSA) is 107 Å². The van der Waals surface area contributed by atoms with Crippen LogP contribution in [0.1, 0.15) is 30.1 Å². The third kappa shape index (κ3) is 4.14. The maximum Gasteiger partial charge on any atom is 0.337 e. The summed E-state index contributed by atoms with van der Waals surface area (Å²) in [6, 6.07) is 2.59. The summed E-state index contributed by atoms with van der Waals surface area (Å²) in [6.07, 6.45) is 0.298. The van der Waals surface area contributed by atoms with Gasteiger partial charge >= 0.3 is 5.97 Å². The van der Waals surface area contributed by atoms with E-state index in [9.17, 15) is 17.6 Å². The summed E-state index contributed by atoms with van der Waals surface area (Å²) in [5.41, 5.74) is -0.648. The Kier molecular flexibility index (Phi) is 5.66. The van der Waals surface area contributed by atoms with Crippen LogP contribution in [0.3, 0.4) is 0 Å². The van der Waals surface area contributed by atoms with Gasteiger partial charge in [-0.3, -0.25) is 0 Å². The first kappa shape index (κ1) is 17.4. The van der Waals surface area contributed by atoms with Crippen LogP contribution in [0.2, 0.25) is 5.02 Å². The molecule has 6 nitrogen and oxygen atoms in total. The molecule has 9 heteroatoms. The van der Waals surface area contributed by atoms with Crippen molar-refractivity contribution in [3.05, 3.63) is 28.5 Å². The van der Waals surface area contributed by atoms with Gasteiger partial charge in [-0.05, 0) is 18.6 Å². The van der Waals surface area contributed by atoms with Crippen LogP contribution in [0.4, 0.5) is 4.39 Å². The second kappa shape index (κ2) is 6.85. The number of benzene rings is 1. The van der Waals surface area contributed by atoms with Gasteiger partial charge in [-0.25, -0.2) is 22.3 Å². The van der Waals surface area contributed by atoms with Gasteiger partial charge in [-0.2, -0.15) is 5.26 Å². The standard InChI is InChI=1S/C12H12ClFN2O4S/c1-2-7(3-4-15)16-21(19,20)8-5-9(12(17)18)11(13)10(14)6-8/h5-7,16H,2-3H2,1H3,(H,17,18). The molecule has 1 atom stereocenters. The number of carbonyl (C=O) groups is 1. The van der Waals surface area contributed by atoms with Crippen molar-refractivity contribution < 1.29 is 22.7 Å². The largest absolute Gasteiger partial charge is 0.478 e. The summed E-state index contributed by atoms with van der Waals surface area (Å²) in [7, 11) is -4.15. The normalized spacial score (nSPS) is 12.7. The quantitative estimate of drug-likeness (QED) is 0.828. The molecule has 1 unspecified atom stereocenters. The molecule has 114 valence electrons. The van der Waals surface area contributed by atoms with E-state index in [1.54, 1.807) is 6.92 Å². The van der Waals surface area contributed by atoms with Crippen molar-refractivity contribution >= 4 is 27.6 Å². The summed E-state index contributed by atoms with van der Waals surface area (Å²) in [4.78, 5) is 10.4. The second-order valence-corrected chi connectivity index (χ2v) is 6.25. The molecule has 21 heavy (non-hydrogen) atoms. The Labute approximate surface area is 126 Å². The molecule has 0 saturated carbocycles. The highest BCUT2D eigenvalue weighted by molar-refractivity contribution is 7.89. The van der Waals surface area contributed by atoms with Crippen molar-refractivity contribution in [3.8, 4) is 6.07 Å². The number of nitrogens with one attached hydrogen (secondary N) is 1. The molecule has 1 rings (SSSR count). The van der Waals surface area contributed by atoms with Crippen molar-refractivity contribution in [2.24, 2.45) is 0 Å². The highest BCUT2D eigenvalue weighted by Crippen LogP contribution is 2.24. The van der Waals surface area contributed by atoms with Gasteiger partial charge in [0.25, 0.3) is 0 Å². The lowest BCUT2D eigenvalue weighted by Crippen LogP contribution is -2.34. The predicted molar refractivity (Wildman–Crippen MR) is 73.0 cm³/mol. The van der Waals surface area contributed by atoms with Crippen molar-refractivity contribution in [2.45, 2.75) is 30.7 Å². The van der Waals surface area contributed by atoms with Gasteiger partial charge in [0, 0.05) is 6.04 Å². The lowest BCUT2D eigenvalue weighted by atomic mass is 10.2. The number of carboxylic acid groups (broad SMARTS) is 1. The number of aromatic carboxylic acids is 1. The lowest BCUT2D eigenvalue weighted by Gasteiger charge is -2.14. The fourth-order valence-corrected chi connectivity index (χ4v) is 3.09. The van der Waals surface area contributed by atoms with Gasteiger partial charge in [0.15, 0.2) is 0 Å². The molecule has 2 N–H and O–H groups in total. The van der Waals surface area contributed by atoms with Gasteiger partial charge in [0.1, 0.15) is 5.82 Å². The molecule has 0 saturated heterocycles. The molecule has 0 aromatic heterocycles. The first-order valence-electron chi connectivity index (χ1n) is 5.84. The number of halogens is 2. The molecule has 0 amide bonds. The van der Waals surface area contributed by atoms with Gasteiger partial charge in [0.2, 0.25) is 10.0 Å². The van der Waals surface area contributed by atoms with Crippen LogP contribution in [-0.4, -0.2) is 25.5 Å². The first-order chi connectivity index (χ1) is 9.72. The third-order valence-electron chi connectivity index (χ3n) is 2.69. The zero-order chi connectivity index (χ0) is 16.2. The Morgan fingerprint density at radius 3 is 2.67 bits per heavy atom. The first-order valence-corrected chi connectivity index (χ1v) is 7.70. The molecule has 0 aliphatic rings. The van der Waals surface area contributed by atoms with E-state index in [1.165, 1.54) is 0 Å². The van der Waals surface area contributed by atoms with Crippen molar-refractivity contribution in [2.75, 3.05) is 0 Å². The zero-order valence-electron chi connectivity index (χ0n) is 10.9. The number of nitrogens with zero attached hydrogens (tertiary/aromatic N) is 1. The smallest absolute Gasteiger partial charge is 0.337 e. The van der Waals surface area contributed by atoms with Gasteiger partial charge in [-0.15, -0.1) is 0 Å². The van der Waals surface area contributed by atoms with E-state index in [2.05, 4.69) is 4.72 Å².